The molecule has 0 spiro atoms. The molecule has 0 aliphatic carbocycles. The Labute approximate surface area is 161 Å². The Balaban J connectivity index is 1.44. The smallest absolute Gasteiger partial charge is 0.257 e. The summed E-state index contributed by atoms with van der Waals surface area (Å²) in [6.45, 7) is 9.88. The molecule has 2 atom stereocenters. The number of likely N-dealkylation sites (tertiary alicyclic amines) is 1. The minimum atomic E-state index is 0.331. The maximum absolute atomic E-state index is 5.71. The fourth-order valence-corrected chi connectivity index (χ4v) is 4.38. The first-order chi connectivity index (χ1) is 13.1. The maximum atomic E-state index is 5.71. The van der Waals surface area contributed by atoms with Gasteiger partial charge < -0.3 is 9.47 Å². The standard InChI is InChI=1S/C22H29N3O2/c1-15-9-19(10-16(2)24-15)11-18-5-4-6-25(14-18)17(3)20-12-21-22(23-13-20)27-8-7-26-21/h9-10,12-13,17-18H,4-8,11,14H2,1-3H3/t17-,18-/m1/s1. The second kappa shape index (κ2) is 7.85. The van der Waals surface area contributed by atoms with Crippen molar-refractivity contribution in [2.24, 2.45) is 5.92 Å². The molecular weight excluding hydrogens is 338 g/mol. The second-order valence-corrected chi connectivity index (χ2v) is 7.91. The molecule has 1 fully saturated rings. The van der Waals surface area contributed by atoms with Gasteiger partial charge in [0.25, 0.3) is 5.88 Å². The zero-order valence-corrected chi connectivity index (χ0v) is 16.6. The molecule has 0 N–H and O–H groups in total. The molecule has 2 aromatic heterocycles. The third kappa shape index (κ3) is 4.24. The molecule has 144 valence electrons. The van der Waals surface area contributed by atoms with Gasteiger partial charge >= 0.3 is 0 Å². The van der Waals surface area contributed by atoms with E-state index in [2.05, 4.69) is 53.8 Å². The van der Waals surface area contributed by atoms with Crippen molar-refractivity contribution >= 4 is 0 Å². The van der Waals surface area contributed by atoms with E-state index in [1.54, 1.807) is 0 Å². The monoisotopic (exact) mass is 367 g/mol. The highest BCUT2D eigenvalue weighted by molar-refractivity contribution is 5.38. The van der Waals surface area contributed by atoms with Gasteiger partial charge in [-0.25, -0.2) is 4.98 Å². The molecule has 2 aliphatic heterocycles. The molecule has 4 rings (SSSR count). The summed E-state index contributed by atoms with van der Waals surface area (Å²) in [5, 5.41) is 0. The Morgan fingerprint density at radius 3 is 2.74 bits per heavy atom. The van der Waals surface area contributed by atoms with E-state index in [-0.39, 0.29) is 0 Å². The highest BCUT2D eigenvalue weighted by Crippen LogP contribution is 2.33. The van der Waals surface area contributed by atoms with E-state index in [9.17, 15) is 0 Å². The topological polar surface area (TPSA) is 47.5 Å². The molecule has 0 bridgehead atoms. The molecule has 0 radical (unpaired) electrons. The first-order valence-electron chi connectivity index (χ1n) is 10.0. The van der Waals surface area contributed by atoms with Gasteiger partial charge in [-0.2, -0.15) is 0 Å². The minimum Gasteiger partial charge on any atom is -0.484 e. The number of hydrogen-bond acceptors (Lipinski definition) is 5. The molecule has 1 saturated heterocycles. The average molecular weight is 367 g/mol. The lowest BCUT2D eigenvalue weighted by atomic mass is 9.90. The van der Waals surface area contributed by atoms with Crippen molar-refractivity contribution in [2.45, 2.75) is 46.1 Å². The fourth-order valence-electron chi connectivity index (χ4n) is 4.38. The largest absolute Gasteiger partial charge is 0.484 e. The minimum absolute atomic E-state index is 0.331. The van der Waals surface area contributed by atoms with E-state index in [1.165, 1.54) is 24.0 Å². The summed E-state index contributed by atoms with van der Waals surface area (Å²) < 4.78 is 11.3. The maximum Gasteiger partial charge on any atom is 0.257 e. The van der Waals surface area contributed by atoms with Gasteiger partial charge in [-0.05, 0) is 81.8 Å². The van der Waals surface area contributed by atoms with E-state index >= 15 is 0 Å². The van der Waals surface area contributed by atoms with Crippen molar-refractivity contribution in [1.82, 2.24) is 14.9 Å². The van der Waals surface area contributed by atoms with Gasteiger partial charge in [0.1, 0.15) is 13.2 Å². The number of fused-ring (bicyclic) bond motifs is 1. The highest BCUT2D eigenvalue weighted by atomic mass is 16.6. The van der Waals surface area contributed by atoms with Crippen molar-refractivity contribution in [3.8, 4) is 11.6 Å². The molecule has 5 heteroatoms. The first-order valence-corrected chi connectivity index (χ1v) is 10.0. The summed E-state index contributed by atoms with van der Waals surface area (Å²) in [5.74, 6) is 2.09. The number of aromatic nitrogens is 2. The number of aryl methyl sites for hydroxylation is 2. The quantitative estimate of drug-likeness (QED) is 0.821. The molecule has 0 amide bonds. The highest BCUT2D eigenvalue weighted by Gasteiger charge is 2.26. The predicted molar refractivity (Wildman–Crippen MR) is 105 cm³/mol. The van der Waals surface area contributed by atoms with E-state index in [0.29, 0.717) is 31.1 Å². The number of nitrogens with zero attached hydrogens (tertiary/aromatic N) is 3. The molecule has 0 unspecified atom stereocenters. The predicted octanol–water partition coefficient (Wildman–Crippen LogP) is 3.88. The molecule has 27 heavy (non-hydrogen) atoms. The summed E-state index contributed by atoms with van der Waals surface area (Å²) in [6, 6.07) is 6.91. The number of pyridine rings is 2. The third-order valence-corrected chi connectivity index (χ3v) is 5.67. The van der Waals surface area contributed by atoms with Crippen LogP contribution in [0, 0.1) is 19.8 Å². The molecule has 0 saturated carbocycles. The van der Waals surface area contributed by atoms with Crippen molar-refractivity contribution in [1.29, 1.82) is 0 Å². The summed E-state index contributed by atoms with van der Waals surface area (Å²) >= 11 is 0. The lowest BCUT2D eigenvalue weighted by molar-refractivity contribution is 0.129. The van der Waals surface area contributed by atoms with Crippen LogP contribution in [0.3, 0.4) is 0 Å². The fraction of sp³-hybridized carbons (Fsp3) is 0.545. The van der Waals surface area contributed by atoms with E-state index < -0.39 is 0 Å². The molecule has 2 aromatic rings. The average Bonchev–Trinajstić information content (AvgIpc) is 2.66. The van der Waals surface area contributed by atoms with Crippen molar-refractivity contribution < 1.29 is 9.47 Å². The number of piperidine rings is 1. The summed E-state index contributed by atoms with van der Waals surface area (Å²) in [5.41, 5.74) is 4.86. The van der Waals surface area contributed by atoms with Crippen LogP contribution >= 0.6 is 0 Å². The lowest BCUT2D eigenvalue weighted by Gasteiger charge is -2.37. The van der Waals surface area contributed by atoms with Gasteiger partial charge in [0.15, 0.2) is 5.75 Å². The van der Waals surface area contributed by atoms with Crippen LogP contribution < -0.4 is 9.47 Å². The third-order valence-electron chi connectivity index (χ3n) is 5.67. The van der Waals surface area contributed by atoms with E-state index in [1.807, 2.05) is 6.20 Å². The molecule has 4 heterocycles. The zero-order valence-electron chi connectivity index (χ0n) is 16.6. The molecular formula is C22H29N3O2. The molecule has 5 nitrogen and oxygen atoms in total. The lowest BCUT2D eigenvalue weighted by Crippen LogP contribution is -2.38. The van der Waals surface area contributed by atoms with Crippen molar-refractivity contribution in [2.75, 3.05) is 26.3 Å². The molecule has 0 aromatic carbocycles. The van der Waals surface area contributed by atoms with Gasteiger partial charge in [-0.15, -0.1) is 0 Å². The van der Waals surface area contributed by atoms with Crippen molar-refractivity contribution in [3.63, 3.8) is 0 Å². The van der Waals surface area contributed by atoms with Crippen molar-refractivity contribution in [3.05, 3.63) is 46.9 Å². The summed E-state index contributed by atoms with van der Waals surface area (Å²) in [4.78, 5) is 11.6. The van der Waals surface area contributed by atoms with Crippen LogP contribution in [0.15, 0.2) is 24.4 Å². The van der Waals surface area contributed by atoms with E-state index in [0.717, 1.165) is 36.6 Å². The van der Waals surface area contributed by atoms with Gasteiger partial charge in [0.05, 0.1) is 0 Å². The van der Waals surface area contributed by atoms with Crippen LogP contribution in [-0.2, 0) is 6.42 Å². The Morgan fingerprint density at radius 1 is 1.15 bits per heavy atom. The van der Waals surface area contributed by atoms with Crippen LogP contribution in [0.5, 0.6) is 11.6 Å². The Morgan fingerprint density at radius 2 is 1.93 bits per heavy atom. The number of hydrogen-bond donors (Lipinski definition) is 0. The van der Waals surface area contributed by atoms with Crippen LogP contribution in [0.4, 0.5) is 0 Å². The van der Waals surface area contributed by atoms with Gasteiger partial charge in [-0.3, -0.25) is 9.88 Å². The Bertz CT molecular complexity index is 788. The SMILES string of the molecule is Cc1cc(C[C@H]2CCCN([C@H](C)c3cnc4c(c3)OCCO4)C2)cc(C)n1. The number of ether oxygens (including phenoxy) is 2. The van der Waals surface area contributed by atoms with Crippen LogP contribution in [-0.4, -0.2) is 41.2 Å². The molecule has 2 aliphatic rings. The van der Waals surface area contributed by atoms with Crippen LogP contribution in [0.2, 0.25) is 0 Å². The Hall–Kier alpha value is -2.14. The van der Waals surface area contributed by atoms with Crippen LogP contribution in [0.25, 0.3) is 0 Å². The first kappa shape index (κ1) is 18.2. The summed E-state index contributed by atoms with van der Waals surface area (Å²) in [7, 11) is 0. The zero-order chi connectivity index (χ0) is 18.8. The van der Waals surface area contributed by atoms with E-state index in [4.69, 9.17) is 9.47 Å². The Kier molecular flexibility index (Phi) is 5.30. The van der Waals surface area contributed by atoms with Gasteiger partial charge in [0, 0.05) is 30.2 Å². The van der Waals surface area contributed by atoms with Gasteiger partial charge in [-0.1, -0.05) is 0 Å². The second-order valence-electron chi connectivity index (χ2n) is 7.91. The van der Waals surface area contributed by atoms with Gasteiger partial charge in [0.2, 0.25) is 0 Å². The number of rotatable bonds is 4. The summed E-state index contributed by atoms with van der Waals surface area (Å²) in [6.07, 6.45) is 5.61. The normalized spacial score (nSPS) is 21.1. The van der Waals surface area contributed by atoms with Crippen LogP contribution in [0.1, 0.15) is 48.3 Å².